The molecule has 5 N–H and O–H groups in total. The van der Waals surface area contributed by atoms with Gasteiger partial charge in [-0.2, -0.15) is 4.98 Å². The summed E-state index contributed by atoms with van der Waals surface area (Å²) in [5.41, 5.74) is 6.97. The second-order valence-corrected chi connectivity index (χ2v) is 27.6. The highest BCUT2D eigenvalue weighted by atomic mass is 35.5. The topological polar surface area (TPSA) is 322 Å². The number of carboxylic acid groups (broad SMARTS) is 1. The third kappa shape index (κ3) is 18.2. The Kier molecular flexibility index (Phi) is 26.5. The zero-order valence-corrected chi connectivity index (χ0v) is 56.6. The van der Waals surface area contributed by atoms with Gasteiger partial charge in [0.2, 0.25) is 5.28 Å². The smallest absolute Gasteiger partial charge is 0.407 e. The largest absolute Gasteiger partial charge is 0.481 e. The molecule has 2 heterocycles. The molecular weight excluding hydrogens is 1290 g/mol. The van der Waals surface area contributed by atoms with Crippen molar-refractivity contribution in [3.8, 4) is 0 Å². The van der Waals surface area contributed by atoms with E-state index in [2.05, 4.69) is 78.7 Å². The van der Waals surface area contributed by atoms with E-state index in [4.69, 9.17) is 41.4 Å². The standard InChI is InChI=1S/C18H21NO4.C14H17ClFN3O2.C11H14O4.C11H12O2.C10H17NO2.C6H8.C4H2O3/c1-22-17(20)15-13-7-9-14(10-8-13)16(15)19-18(21)23-11-12-5-3-2-4-6-12;1-21-13(20)10-7-2-4-8(5-3-7)11(10)18-12-9(16)6-17-14(15)19-12;1-15-11(14)9-7-4-2-6(3-5-7)8(9)10(12)13;12-8-5-9(13)11-7-2-1-6(3-4-7)10(8)11;1-13-10(12)8-6-2-4-7(5-3-6)9(8)11;1-2-4-6-5-3-1;5-3-1-2-4(6)7-3/h2-7,9,13-16H,8,10-11H2,1H3,(H,19,21);6-8,10-11H,2-5H2,1H3,(H,17,18,19);2,4,6-9H,3,5H2,1H3,(H,12,13);1-2,6-7,10-11H,3-5H2;6-9H,2-5,11H2,1H3;1-4H,5-6H2;1-2H/t13?,14?,15-,16-;7?,8?,10-,11-;6?,7?,8-,9-;6?,7?,10-,11+;6?,7?,8-,9-;;/m111.1../s1. The Bertz CT molecular complexity index is 3340. The number of cyclic esters (lactones) is 2. The molecule has 1 amide bonds. The molecule has 98 heavy (non-hydrogen) atoms. The van der Waals surface area contributed by atoms with Crippen LogP contribution in [0.3, 0.4) is 0 Å². The fourth-order valence-corrected chi connectivity index (χ4v) is 17.3. The molecule has 1 aromatic heterocycles. The van der Waals surface area contributed by atoms with E-state index >= 15 is 0 Å². The van der Waals surface area contributed by atoms with Crippen molar-refractivity contribution >= 4 is 76.9 Å². The van der Waals surface area contributed by atoms with E-state index < -0.39 is 41.7 Å². The number of nitrogens with two attached hydrogens (primary N) is 1. The fraction of sp³-hybridized carbons (Fsp3) is 0.568. The first-order chi connectivity index (χ1) is 47.2. The van der Waals surface area contributed by atoms with Gasteiger partial charge in [-0.1, -0.05) is 91.1 Å². The molecule has 0 radical (unpaired) electrons. The van der Waals surface area contributed by atoms with E-state index in [0.717, 1.165) is 101 Å². The lowest BCUT2D eigenvalue weighted by Gasteiger charge is -2.47. The molecule has 24 heteroatoms. The zero-order valence-electron chi connectivity index (χ0n) is 55.9. The molecule has 18 aliphatic rings. The molecule has 17 aliphatic carbocycles. The molecule has 0 spiro atoms. The van der Waals surface area contributed by atoms with E-state index in [-0.39, 0.29) is 131 Å². The minimum Gasteiger partial charge on any atom is -0.481 e. The Labute approximate surface area is 575 Å². The molecule has 16 atom stereocenters. The van der Waals surface area contributed by atoms with Gasteiger partial charge in [-0.15, -0.1) is 0 Å². The fourth-order valence-electron chi connectivity index (χ4n) is 17.2. The summed E-state index contributed by atoms with van der Waals surface area (Å²) in [6.45, 7) is 0.215. The molecular formula is C74H91ClFN5O17. The summed E-state index contributed by atoms with van der Waals surface area (Å²) in [6, 6.07) is 9.14. The SMILES string of the molecule is C1=CCCC=C1.COC(=O)[C@@H]1C2C=CC(CC2)[C@H]1C(=O)O.COC(=O)[C@@H]1C2C=CC(CC2)[C@H]1NC(=O)OCc1ccccc1.COC(=O)[C@@H]1C2CCC(CC2)[C@H]1N.COC(=O)[C@@H]1C2CCC(CC2)[C@H]1Nc1nc(Cl)ncc1F.O=C1C=CC(=O)O1.O=C1CC(=O)[C@H]2C3C=CC(CC3)[C@@H]12. The number of nitrogens with zero attached hydrogens (tertiary/aromatic N) is 2. The number of methoxy groups -OCH3 is 4. The Morgan fingerprint density at radius 1 is 0.571 bits per heavy atom. The van der Waals surface area contributed by atoms with Gasteiger partial charge in [0.15, 0.2) is 11.6 Å². The number of carbonyl (C=O) groups excluding carboxylic acids is 9. The van der Waals surface area contributed by atoms with Gasteiger partial charge in [0.1, 0.15) is 18.2 Å². The summed E-state index contributed by atoms with van der Waals surface area (Å²) in [4.78, 5) is 121. The number of carbonyl (C=O) groups is 10. The first-order valence-electron chi connectivity index (χ1n) is 34.3. The molecule has 10 bridgehead atoms. The van der Waals surface area contributed by atoms with Crippen LogP contribution >= 0.6 is 11.6 Å². The lowest BCUT2D eigenvalue weighted by Crippen LogP contribution is -2.54. The van der Waals surface area contributed by atoms with E-state index in [0.29, 0.717) is 35.5 Å². The Morgan fingerprint density at radius 2 is 1.02 bits per heavy atom. The molecule has 20 rings (SSSR count). The van der Waals surface area contributed by atoms with E-state index in [1.54, 1.807) is 0 Å². The van der Waals surface area contributed by atoms with Crippen LogP contribution in [0.15, 0.2) is 109 Å². The lowest BCUT2D eigenvalue weighted by atomic mass is 9.61. The minimum atomic E-state index is -0.885. The van der Waals surface area contributed by atoms with Crippen molar-refractivity contribution < 1.29 is 85.9 Å². The number of aromatic nitrogens is 2. The zero-order chi connectivity index (χ0) is 70.2. The molecule has 10 fully saturated rings. The number of benzene rings is 1. The van der Waals surface area contributed by atoms with Gasteiger partial charge in [-0.25, -0.2) is 23.8 Å². The number of fused-ring (bicyclic) bond motifs is 11. The van der Waals surface area contributed by atoms with Crippen LogP contribution in [0.25, 0.3) is 0 Å². The van der Waals surface area contributed by atoms with Gasteiger partial charge in [0.25, 0.3) is 0 Å². The molecule has 6 unspecified atom stereocenters. The van der Waals surface area contributed by atoms with Crippen molar-refractivity contribution in [2.45, 2.75) is 134 Å². The van der Waals surface area contributed by atoms with Gasteiger partial charge in [-0.05, 0) is 179 Å². The van der Waals surface area contributed by atoms with Crippen molar-refractivity contribution in [2.75, 3.05) is 33.8 Å². The average molecular weight is 1380 g/mol. The number of esters is 6. The summed E-state index contributed by atoms with van der Waals surface area (Å²) in [7, 11) is 5.55. The molecule has 22 nitrogen and oxygen atoms in total. The number of ketones is 2. The minimum absolute atomic E-state index is 0.00315. The van der Waals surface area contributed by atoms with Gasteiger partial charge >= 0.3 is 47.9 Å². The molecule has 2 aromatic rings. The Hall–Kier alpha value is -8.18. The number of hydrogen-bond donors (Lipinski definition) is 4. The number of ether oxygens (including phenoxy) is 6. The first kappa shape index (κ1) is 74.1. The highest BCUT2D eigenvalue weighted by molar-refractivity contribution is 6.28. The number of hydrogen-bond acceptors (Lipinski definition) is 20. The van der Waals surface area contributed by atoms with Crippen LogP contribution in [0.5, 0.6) is 0 Å². The van der Waals surface area contributed by atoms with Crippen LogP contribution in [-0.2, 0) is 78.2 Å². The number of alkyl carbamates (subject to hydrolysis) is 1. The quantitative estimate of drug-likeness (QED) is 0.0565. The second-order valence-electron chi connectivity index (χ2n) is 27.3. The number of rotatable bonds is 10. The van der Waals surface area contributed by atoms with Crippen molar-refractivity contribution in [2.24, 2.45) is 106 Å². The van der Waals surface area contributed by atoms with Crippen LogP contribution < -0.4 is 16.4 Å². The number of nitrogens with one attached hydrogen (secondary N) is 2. The lowest BCUT2D eigenvalue weighted by molar-refractivity contribution is -0.162. The van der Waals surface area contributed by atoms with Crippen LogP contribution in [0.4, 0.5) is 15.0 Å². The number of halogens is 2. The summed E-state index contributed by atoms with van der Waals surface area (Å²) < 4.78 is 42.4. The van der Waals surface area contributed by atoms with Crippen LogP contribution in [-0.4, -0.2) is 121 Å². The van der Waals surface area contributed by atoms with Crippen LogP contribution in [0.1, 0.15) is 115 Å². The number of anilines is 1. The number of allylic oxidation sites excluding steroid dienone is 9. The second kappa shape index (κ2) is 35.0. The van der Waals surface area contributed by atoms with Crippen molar-refractivity contribution in [1.29, 1.82) is 0 Å². The van der Waals surface area contributed by atoms with Crippen molar-refractivity contribution in [3.05, 3.63) is 126 Å². The Morgan fingerprint density at radius 3 is 1.49 bits per heavy atom. The molecule has 0 saturated heterocycles. The molecule has 528 valence electrons. The molecule has 1 aromatic carbocycles. The monoisotopic (exact) mass is 1380 g/mol. The highest BCUT2D eigenvalue weighted by Gasteiger charge is 2.54. The number of carboxylic acids is 1. The maximum absolute atomic E-state index is 13.8. The predicted octanol–water partition coefficient (Wildman–Crippen LogP) is 10.2. The van der Waals surface area contributed by atoms with Gasteiger partial charge in [-0.3, -0.25) is 33.6 Å². The summed E-state index contributed by atoms with van der Waals surface area (Å²) in [5, 5.41) is 15.1. The molecule has 1 aliphatic heterocycles. The summed E-state index contributed by atoms with van der Waals surface area (Å²) in [5.74, 6) is -1.90. The number of aliphatic carboxylic acids is 1. The van der Waals surface area contributed by atoms with Gasteiger partial charge in [0.05, 0.1) is 76.7 Å². The van der Waals surface area contributed by atoms with Crippen LogP contribution in [0.2, 0.25) is 5.28 Å². The third-order valence-electron chi connectivity index (χ3n) is 22.0. The summed E-state index contributed by atoms with van der Waals surface area (Å²) >= 11 is 5.72. The maximum Gasteiger partial charge on any atom is 0.407 e. The highest BCUT2D eigenvalue weighted by Crippen LogP contribution is 2.51. The van der Waals surface area contributed by atoms with Crippen LogP contribution in [0, 0.1) is 106 Å². The predicted molar refractivity (Wildman–Crippen MR) is 355 cm³/mol. The van der Waals surface area contributed by atoms with E-state index in [9.17, 15) is 52.3 Å². The van der Waals surface area contributed by atoms with Crippen molar-refractivity contribution in [1.82, 2.24) is 15.3 Å². The first-order valence-corrected chi connectivity index (χ1v) is 34.7. The maximum atomic E-state index is 13.8. The Balaban J connectivity index is 0.000000139. The normalized spacial score (nSPS) is 33.4. The van der Waals surface area contributed by atoms with Gasteiger partial charge < -0.3 is 49.9 Å². The summed E-state index contributed by atoms with van der Waals surface area (Å²) in [6.07, 6.45) is 41.1. The van der Waals surface area contributed by atoms with E-state index in [1.165, 1.54) is 54.1 Å². The van der Waals surface area contributed by atoms with Crippen molar-refractivity contribution in [3.63, 3.8) is 0 Å². The van der Waals surface area contributed by atoms with E-state index in [1.807, 2.05) is 42.5 Å². The number of amides is 1. The average Bonchev–Trinajstić information content (AvgIpc) is 1.30. The van der Waals surface area contributed by atoms with Gasteiger partial charge in [0, 0.05) is 36.1 Å². The third-order valence-corrected chi connectivity index (χ3v) is 22.2. The molecule has 10 saturated carbocycles. The number of Topliss-reactive ketones (excluding diaryl/α,β-unsaturated/α-hetero) is 2.